The molecule has 1 rings (SSSR count). The topological polar surface area (TPSA) is 18.5 Å². The Morgan fingerprint density at radius 1 is 1.29 bits per heavy atom. The highest BCUT2D eigenvalue weighted by Crippen LogP contribution is 2.28. The Kier molecular flexibility index (Phi) is 6.93. The second kappa shape index (κ2) is 7.96. The van der Waals surface area contributed by atoms with Gasteiger partial charge in [-0.15, -0.1) is 0 Å². The summed E-state index contributed by atoms with van der Waals surface area (Å²) in [6.45, 7) is 6.17. The average molecular weight is 322 g/mol. The van der Waals surface area contributed by atoms with Gasteiger partial charge in [-0.2, -0.15) is 0 Å². The minimum Gasteiger partial charge on any atom is -0.491 e. The largest absolute Gasteiger partial charge is 0.491 e. The van der Waals surface area contributed by atoms with E-state index in [1.165, 1.54) is 0 Å². The zero-order valence-corrected chi connectivity index (χ0v) is 12.6. The molecule has 0 bridgehead atoms. The van der Waals surface area contributed by atoms with Crippen molar-refractivity contribution >= 4 is 27.5 Å². The Bertz CT molecular complexity index is 342. The van der Waals surface area contributed by atoms with Crippen LogP contribution in [0.15, 0.2) is 18.2 Å². The van der Waals surface area contributed by atoms with Gasteiger partial charge in [0.2, 0.25) is 0 Å². The Labute approximate surface area is 116 Å². The van der Waals surface area contributed by atoms with E-state index >= 15 is 0 Å². The van der Waals surface area contributed by atoms with Crippen molar-refractivity contribution in [3.05, 3.63) is 28.8 Å². The number of hydrogen-bond donors (Lipinski definition) is 0. The molecular weight excluding hydrogens is 303 g/mol. The van der Waals surface area contributed by atoms with Gasteiger partial charge in [0.05, 0.1) is 6.61 Å². The van der Waals surface area contributed by atoms with Crippen molar-refractivity contribution in [2.75, 3.05) is 19.8 Å². The highest BCUT2D eigenvalue weighted by atomic mass is 79.9. The second-order valence-corrected chi connectivity index (χ2v) is 5.14. The van der Waals surface area contributed by atoms with E-state index in [0.717, 1.165) is 22.9 Å². The van der Waals surface area contributed by atoms with E-state index in [0.29, 0.717) is 24.5 Å². The van der Waals surface area contributed by atoms with Gasteiger partial charge in [0.25, 0.3) is 0 Å². The predicted molar refractivity (Wildman–Crippen MR) is 75.2 cm³/mol. The first-order chi connectivity index (χ1) is 8.15. The molecule has 0 atom stereocenters. The fourth-order valence-corrected chi connectivity index (χ4v) is 2.31. The smallest absolute Gasteiger partial charge is 0.124 e. The quantitative estimate of drug-likeness (QED) is 0.551. The van der Waals surface area contributed by atoms with Gasteiger partial charge in [0.1, 0.15) is 12.4 Å². The molecule has 0 saturated heterocycles. The Balaban J connectivity index is 2.39. The van der Waals surface area contributed by atoms with E-state index < -0.39 is 0 Å². The Morgan fingerprint density at radius 2 is 2.06 bits per heavy atom. The number of benzene rings is 1. The molecular formula is C13H18BrClO2. The monoisotopic (exact) mass is 320 g/mol. The first-order valence-corrected chi connectivity index (χ1v) is 7.19. The van der Waals surface area contributed by atoms with Gasteiger partial charge in [-0.05, 0) is 18.1 Å². The molecule has 0 aliphatic heterocycles. The summed E-state index contributed by atoms with van der Waals surface area (Å²) in [6, 6.07) is 5.67. The molecule has 0 amide bonds. The highest BCUT2D eigenvalue weighted by molar-refractivity contribution is 9.08. The third-order valence-corrected chi connectivity index (χ3v) is 3.06. The standard InChI is InChI=1S/C13H18BrClO2/c1-10(2)9-16-6-7-17-13-5-3-4-12(15)11(13)8-14/h3-5,10H,6-9H2,1-2H3. The third kappa shape index (κ3) is 5.28. The van der Waals surface area contributed by atoms with Crippen molar-refractivity contribution in [3.8, 4) is 5.75 Å². The molecule has 0 heterocycles. The van der Waals surface area contributed by atoms with Crippen LogP contribution in [0.1, 0.15) is 19.4 Å². The molecule has 17 heavy (non-hydrogen) atoms. The van der Waals surface area contributed by atoms with Crippen LogP contribution in [0, 0.1) is 5.92 Å². The molecule has 4 heteroatoms. The summed E-state index contributed by atoms with van der Waals surface area (Å²) in [5.41, 5.74) is 0.984. The first-order valence-electron chi connectivity index (χ1n) is 5.69. The summed E-state index contributed by atoms with van der Waals surface area (Å²) in [6.07, 6.45) is 0. The zero-order valence-electron chi connectivity index (χ0n) is 10.2. The van der Waals surface area contributed by atoms with Crippen molar-refractivity contribution < 1.29 is 9.47 Å². The van der Waals surface area contributed by atoms with Gasteiger partial charge >= 0.3 is 0 Å². The van der Waals surface area contributed by atoms with E-state index in [4.69, 9.17) is 21.1 Å². The van der Waals surface area contributed by atoms with Crippen LogP contribution in [-0.2, 0) is 10.1 Å². The van der Waals surface area contributed by atoms with Crippen LogP contribution in [-0.4, -0.2) is 19.8 Å². The van der Waals surface area contributed by atoms with Crippen LogP contribution in [0.4, 0.5) is 0 Å². The molecule has 0 spiro atoms. The maximum atomic E-state index is 6.07. The van der Waals surface area contributed by atoms with Crippen molar-refractivity contribution in [2.45, 2.75) is 19.2 Å². The molecule has 2 nitrogen and oxygen atoms in total. The number of hydrogen-bond acceptors (Lipinski definition) is 2. The van der Waals surface area contributed by atoms with E-state index in [1.54, 1.807) is 0 Å². The van der Waals surface area contributed by atoms with E-state index in [-0.39, 0.29) is 0 Å². The number of rotatable bonds is 7. The highest BCUT2D eigenvalue weighted by Gasteiger charge is 2.06. The van der Waals surface area contributed by atoms with E-state index in [9.17, 15) is 0 Å². The van der Waals surface area contributed by atoms with Crippen LogP contribution in [0.3, 0.4) is 0 Å². The summed E-state index contributed by atoms with van der Waals surface area (Å²) in [7, 11) is 0. The minimum atomic E-state index is 0.549. The van der Waals surface area contributed by atoms with Crippen LogP contribution < -0.4 is 4.74 Å². The van der Waals surface area contributed by atoms with E-state index in [2.05, 4.69) is 29.8 Å². The molecule has 0 saturated carbocycles. The van der Waals surface area contributed by atoms with E-state index in [1.807, 2.05) is 18.2 Å². The maximum absolute atomic E-state index is 6.07. The van der Waals surface area contributed by atoms with Crippen molar-refractivity contribution in [2.24, 2.45) is 5.92 Å². The molecule has 0 fully saturated rings. The van der Waals surface area contributed by atoms with Crippen LogP contribution in [0.25, 0.3) is 0 Å². The fourth-order valence-electron chi connectivity index (χ4n) is 1.33. The minimum absolute atomic E-state index is 0.549. The lowest BCUT2D eigenvalue weighted by atomic mass is 10.2. The van der Waals surface area contributed by atoms with Crippen LogP contribution >= 0.6 is 27.5 Å². The van der Waals surface area contributed by atoms with Crippen molar-refractivity contribution in [1.82, 2.24) is 0 Å². The summed E-state index contributed by atoms with van der Waals surface area (Å²) in [5, 5.41) is 1.41. The molecule has 0 aliphatic rings. The molecule has 1 aromatic carbocycles. The SMILES string of the molecule is CC(C)COCCOc1cccc(Cl)c1CBr. The van der Waals surface area contributed by atoms with Gasteiger partial charge in [0, 0.05) is 22.5 Å². The van der Waals surface area contributed by atoms with Gasteiger partial charge in [-0.1, -0.05) is 47.4 Å². The fraction of sp³-hybridized carbons (Fsp3) is 0.538. The number of alkyl halides is 1. The predicted octanol–water partition coefficient (Wildman–Crippen LogP) is 4.29. The first kappa shape index (κ1) is 14.8. The molecule has 0 N–H and O–H groups in total. The lowest BCUT2D eigenvalue weighted by molar-refractivity contribution is 0.0817. The molecule has 0 aliphatic carbocycles. The molecule has 96 valence electrons. The lowest BCUT2D eigenvalue weighted by Crippen LogP contribution is -2.10. The third-order valence-electron chi connectivity index (χ3n) is 2.15. The second-order valence-electron chi connectivity index (χ2n) is 4.17. The maximum Gasteiger partial charge on any atom is 0.124 e. The summed E-state index contributed by atoms with van der Waals surface area (Å²) in [4.78, 5) is 0. The Hall–Kier alpha value is -0.250. The van der Waals surface area contributed by atoms with Gasteiger partial charge in [-0.3, -0.25) is 0 Å². The number of ether oxygens (including phenoxy) is 2. The van der Waals surface area contributed by atoms with Crippen molar-refractivity contribution in [1.29, 1.82) is 0 Å². The molecule has 1 aromatic rings. The molecule has 0 unspecified atom stereocenters. The average Bonchev–Trinajstić information content (AvgIpc) is 2.28. The lowest BCUT2D eigenvalue weighted by Gasteiger charge is -2.12. The van der Waals surface area contributed by atoms with Gasteiger partial charge in [0.15, 0.2) is 0 Å². The van der Waals surface area contributed by atoms with Crippen LogP contribution in [0.5, 0.6) is 5.75 Å². The van der Waals surface area contributed by atoms with Crippen molar-refractivity contribution in [3.63, 3.8) is 0 Å². The summed E-state index contributed by atoms with van der Waals surface area (Å²) < 4.78 is 11.1. The van der Waals surface area contributed by atoms with Gasteiger partial charge < -0.3 is 9.47 Å². The zero-order chi connectivity index (χ0) is 12.7. The number of halogens is 2. The summed E-state index contributed by atoms with van der Waals surface area (Å²) >= 11 is 9.48. The molecule has 0 radical (unpaired) electrons. The van der Waals surface area contributed by atoms with Crippen LogP contribution in [0.2, 0.25) is 5.02 Å². The Morgan fingerprint density at radius 3 is 2.71 bits per heavy atom. The summed E-state index contributed by atoms with van der Waals surface area (Å²) in [5.74, 6) is 1.38. The normalized spacial score (nSPS) is 10.9. The molecule has 0 aromatic heterocycles. The van der Waals surface area contributed by atoms with Gasteiger partial charge in [-0.25, -0.2) is 0 Å².